The monoisotopic (exact) mass is 499 g/mol. The molecule has 0 aliphatic heterocycles. The number of nitrogens with zero attached hydrogens (tertiary/aromatic N) is 2. The first-order chi connectivity index (χ1) is 16.5. The molecule has 0 bridgehead atoms. The van der Waals surface area contributed by atoms with Crippen molar-refractivity contribution in [3.8, 4) is 5.75 Å². The van der Waals surface area contributed by atoms with Crippen LogP contribution in [-0.4, -0.2) is 16.1 Å². The van der Waals surface area contributed by atoms with Crippen LogP contribution in [0.25, 0.3) is 11.0 Å². The van der Waals surface area contributed by atoms with Crippen LogP contribution in [0.3, 0.4) is 0 Å². The van der Waals surface area contributed by atoms with Crippen molar-refractivity contribution in [3.05, 3.63) is 76.1 Å². The van der Waals surface area contributed by atoms with Gasteiger partial charge in [-0.2, -0.15) is 0 Å². The lowest BCUT2D eigenvalue weighted by Crippen LogP contribution is -2.32. The summed E-state index contributed by atoms with van der Waals surface area (Å²) in [6, 6.07) is 14.5. The summed E-state index contributed by atoms with van der Waals surface area (Å²) in [6.45, 7) is 0.548. The van der Waals surface area contributed by atoms with Crippen LogP contribution >= 0.6 is 23.2 Å². The Morgan fingerprint density at radius 3 is 2.53 bits per heavy atom. The van der Waals surface area contributed by atoms with Crippen molar-refractivity contribution in [1.82, 2.24) is 15.5 Å². The molecule has 0 radical (unpaired) electrons. The number of hydrogen-bond donors (Lipinski definition) is 1. The van der Waals surface area contributed by atoms with Crippen LogP contribution in [0, 0.1) is 5.92 Å². The Labute approximate surface area is 206 Å². The number of carbonyl (C=O) groups excluding carboxylic acids is 1. The highest BCUT2D eigenvalue weighted by atomic mass is 35.5. The number of furan rings is 1. The summed E-state index contributed by atoms with van der Waals surface area (Å²) < 4.78 is 17.2. The van der Waals surface area contributed by atoms with Crippen LogP contribution in [0.4, 0.5) is 0 Å². The first-order valence-corrected chi connectivity index (χ1v) is 12.0. The van der Waals surface area contributed by atoms with E-state index in [1.165, 1.54) is 0 Å². The number of carbonyl (C=O) groups is 1. The predicted molar refractivity (Wildman–Crippen MR) is 128 cm³/mol. The van der Waals surface area contributed by atoms with E-state index in [0.29, 0.717) is 39.9 Å². The smallest absolute Gasteiger partial charge is 0.253 e. The van der Waals surface area contributed by atoms with Gasteiger partial charge < -0.3 is 18.9 Å². The number of nitrogens with one attached hydrogen (secondary N) is 1. The van der Waals surface area contributed by atoms with Crippen LogP contribution in [0.15, 0.2) is 57.4 Å². The highest BCUT2D eigenvalue weighted by Crippen LogP contribution is 2.35. The Morgan fingerprint density at radius 2 is 1.74 bits per heavy atom. The molecule has 1 fully saturated rings. The van der Waals surface area contributed by atoms with Crippen molar-refractivity contribution in [3.63, 3.8) is 0 Å². The highest BCUT2D eigenvalue weighted by Gasteiger charge is 2.30. The summed E-state index contributed by atoms with van der Waals surface area (Å²) in [7, 11) is 0. The fourth-order valence-electron chi connectivity index (χ4n) is 4.24. The maximum absolute atomic E-state index is 12.7. The van der Waals surface area contributed by atoms with E-state index in [4.69, 9.17) is 36.8 Å². The highest BCUT2D eigenvalue weighted by molar-refractivity contribution is 6.31. The van der Waals surface area contributed by atoms with E-state index in [9.17, 15) is 4.79 Å². The second-order valence-corrected chi connectivity index (χ2v) is 9.31. The van der Waals surface area contributed by atoms with Gasteiger partial charge in [-0.15, -0.1) is 10.2 Å². The van der Waals surface area contributed by atoms with Gasteiger partial charge in [0.1, 0.15) is 17.1 Å². The molecule has 176 valence electrons. The molecule has 1 saturated carbocycles. The summed E-state index contributed by atoms with van der Waals surface area (Å²) in [5.74, 6) is 2.58. The summed E-state index contributed by atoms with van der Waals surface area (Å²) in [5, 5.41) is 13.5. The second kappa shape index (κ2) is 10.1. The topological polar surface area (TPSA) is 90.4 Å². The zero-order valence-electron chi connectivity index (χ0n) is 18.3. The zero-order chi connectivity index (χ0) is 23.5. The van der Waals surface area contributed by atoms with Gasteiger partial charge in [0.05, 0.1) is 6.54 Å². The van der Waals surface area contributed by atoms with Crippen molar-refractivity contribution in [2.24, 2.45) is 5.92 Å². The third-order valence-corrected chi connectivity index (χ3v) is 6.56. The summed E-state index contributed by atoms with van der Waals surface area (Å²) in [6.07, 6.45) is 3.18. The lowest BCUT2D eigenvalue weighted by Gasteiger charge is -2.25. The average Bonchev–Trinajstić information content (AvgIpc) is 3.49. The Morgan fingerprint density at radius 1 is 0.971 bits per heavy atom. The molecule has 2 aromatic carbocycles. The number of ether oxygens (including phenoxy) is 1. The number of fused-ring (bicyclic) bond motifs is 1. The van der Waals surface area contributed by atoms with Gasteiger partial charge in [-0.05, 0) is 74.2 Å². The van der Waals surface area contributed by atoms with Crippen LogP contribution in [0.2, 0.25) is 10.0 Å². The van der Waals surface area contributed by atoms with E-state index < -0.39 is 0 Å². The SMILES string of the molecule is O=C(NCc1cc2cc(Cl)ccc2o1)[C@H]1CC[C@H](c2nnc(COc3ccc(Cl)cc3)o2)CC1. The van der Waals surface area contributed by atoms with Crippen LogP contribution < -0.4 is 10.1 Å². The Bertz CT molecular complexity index is 1280. The molecule has 1 aliphatic rings. The van der Waals surface area contributed by atoms with Crippen molar-refractivity contribution >= 4 is 40.1 Å². The number of aromatic nitrogens is 2. The molecule has 5 rings (SSSR count). The maximum Gasteiger partial charge on any atom is 0.253 e. The minimum absolute atomic E-state index is 0.0364. The van der Waals surface area contributed by atoms with E-state index >= 15 is 0 Å². The fourth-order valence-corrected chi connectivity index (χ4v) is 4.55. The maximum atomic E-state index is 12.7. The molecule has 1 N–H and O–H groups in total. The lowest BCUT2D eigenvalue weighted by molar-refractivity contribution is -0.126. The minimum Gasteiger partial charge on any atom is -0.484 e. The Balaban J connectivity index is 1.09. The number of benzene rings is 2. The standard InChI is InChI=1S/C25H23Cl2N3O4/c26-18-5-8-20(9-6-18)32-14-23-29-30-25(34-23)16-3-1-15(2-4-16)24(31)28-13-21-12-17-11-19(27)7-10-22(17)33-21/h5-12,15-16H,1-4,13-14H2,(H,28,31)/t15-,16-. The van der Waals surface area contributed by atoms with E-state index in [1.807, 2.05) is 18.2 Å². The molecular formula is C25H23Cl2N3O4. The molecule has 2 heterocycles. The van der Waals surface area contributed by atoms with Crippen LogP contribution in [-0.2, 0) is 17.9 Å². The van der Waals surface area contributed by atoms with Crippen molar-refractivity contribution in [2.75, 3.05) is 0 Å². The Kier molecular flexibility index (Phi) is 6.74. The quantitative estimate of drug-likeness (QED) is 0.321. The Hall–Kier alpha value is -3.03. The van der Waals surface area contributed by atoms with Crippen molar-refractivity contribution < 1.29 is 18.4 Å². The van der Waals surface area contributed by atoms with Crippen LogP contribution in [0.5, 0.6) is 5.75 Å². The van der Waals surface area contributed by atoms with Gasteiger partial charge in [0.2, 0.25) is 11.8 Å². The molecule has 7 nitrogen and oxygen atoms in total. The molecule has 34 heavy (non-hydrogen) atoms. The third kappa shape index (κ3) is 5.37. The molecule has 0 unspecified atom stereocenters. The molecule has 0 spiro atoms. The molecule has 1 amide bonds. The fraction of sp³-hybridized carbons (Fsp3) is 0.320. The number of hydrogen-bond acceptors (Lipinski definition) is 6. The van der Waals surface area contributed by atoms with Gasteiger partial charge in [0.25, 0.3) is 5.89 Å². The molecule has 1 aliphatic carbocycles. The predicted octanol–water partition coefficient (Wildman–Crippen LogP) is 6.29. The number of amides is 1. The molecule has 0 atom stereocenters. The first kappa shape index (κ1) is 22.7. The summed E-state index contributed by atoms with van der Waals surface area (Å²) in [4.78, 5) is 12.7. The van der Waals surface area contributed by atoms with Crippen molar-refractivity contribution in [2.45, 2.75) is 44.8 Å². The van der Waals surface area contributed by atoms with E-state index in [2.05, 4.69) is 15.5 Å². The summed E-state index contributed by atoms with van der Waals surface area (Å²) in [5.41, 5.74) is 0.756. The van der Waals surface area contributed by atoms with E-state index in [-0.39, 0.29) is 24.3 Å². The van der Waals surface area contributed by atoms with Gasteiger partial charge in [0.15, 0.2) is 6.61 Å². The van der Waals surface area contributed by atoms with Crippen LogP contribution in [0.1, 0.15) is 49.1 Å². The average molecular weight is 500 g/mol. The van der Waals surface area contributed by atoms with E-state index in [0.717, 1.165) is 36.7 Å². The van der Waals surface area contributed by atoms with E-state index in [1.54, 1.807) is 30.3 Å². The summed E-state index contributed by atoms with van der Waals surface area (Å²) >= 11 is 11.9. The second-order valence-electron chi connectivity index (χ2n) is 8.44. The lowest BCUT2D eigenvalue weighted by atomic mass is 9.81. The molecule has 2 aromatic heterocycles. The van der Waals surface area contributed by atoms with Gasteiger partial charge in [0, 0.05) is 27.3 Å². The van der Waals surface area contributed by atoms with Gasteiger partial charge in [-0.3, -0.25) is 4.79 Å². The zero-order valence-corrected chi connectivity index (χ0v) is 19.8. The molecule has 9 heteroatoms. The van der Waals surface area contributed by atoms with Gasteiger partial charge >= 0.3 is 0 Å². The molecule has 4 aromatic rings. The number of halogens is 2. The third-order valence-electron chi connectivity index (χ3n) is 6.07. The number of rotatable bonds is 7. The van der Waals surface area contributed by atoms with Gasteiger partial charge in [-0.1, -0.05) is 23.2 Å². The minimum atomic E-state index is -0.0364. The normalized spacial score (nSPS) is 18.2. The molecular weight excluding hydrogens is 477 g/mol. The first-order valence-electron chi connectivity index (χ1n) is 11.2. The van der Waals surface area contributed by atoms with Crippen molar-refractivity contribution in [1.29, 1.82) is 0 Å². The largest absolute Gasteiger partial charge is 0.484 e. The molecule has 0 saturated heterocycles. The van der Waals surface area contributed by atoms with Gasteiger partial charge in [-0.25, -0.2) is 0 Å².